The molecule has 78 valence electrons. The van der Waals surface area contributed by atoms with Crippen molar-refractivity contribution in [2.24, 2.45) is 23.2 Å². The highest BCUT2D eigenvalue weighted by atomic mass is 16.6. The van der Waals surface area contributed by atoms with Crippen LogP contribution in [0.2, 0.25) is 0 Å². The maximum Gasteiger partial charge on any atom is 0.321 e. The highest BCUT2D eigenvalue weighted by Crippen LogP contribution is 2.63. The van der Waals surface area contributed by atoms with Gasteiger partial charge in [-0.1, -0.05) is 0 Å². The molecule has 2 saturated heterocycles. The molecular weight excluding hydrogens is 204 g/mol. The fourth-order valence-corrected chi connectivity index (χ4v) is 2.82. The fourth-order valence-electron chi connectivity index (χ4n) is 2.82. The Morgan fingerprint density at radius 3 is 2.07 bits per heavy atom. The highest BCUT2D eigenvalue weighted by Gasteiger charge is 2.79. The van der Waals surface area contributed by atoms with Crippen molar-refractivity contribution in [3.05, 3.63) is 0 Å². The van der Waals surface area contributed by atoms with Gasteiger partial charge in [-0.25, -0.2) is 0 Å². The van der Waals surface area contributed by atoms with Gasteiger partial charge >= 0.3 is 23.9 Å². The van der Waals surface area contributed by atoms with Gasteiger partial charge in [0.1, 0.15) is 0 Å². The number of fused-ring (bicyclic) bond motifs is 4. The van der Waals surface area contributed by atoms with Crippen molar-refractivity contribution in [2.75, 3.05) is 0 Å². The van der Waals surface area contributed by atoms with E-state index in [-0.39, 0.29) is 0 Å². The molecule has 0 aromatic heterocycles. The van der Waals surface area contributed by atoms with Gasteiger partial charge in [0, 0.05) is 0 Å². The number of hydrogen-bond donors (Lipinski definition) is 0. The minimum absolute atomic E-state index is 0.723. The maximum atomic E-state index is 11.4. The van der Waals surface area contributed by atoms with Crippen LogP contribution in [0.4, 0.5) is 0 Å². The molecule has 6 nitrogen and oxygen atoms in total. The lowest BCUT2D eigenvalue weighted by Crippen LogP contribution is -2.58. The summed E-state index contributed by atoms with van der Waals surface area (Å²) < 4.78 is 8.86. The molecule has 0 bridgehead atoms. The van der Waals surface area contributed by atoms with Crippen molar-refractivity contribution >= 4 is 23.9 Å². The normalized spacial score (nSPS) is 46.9. The van der Waals surface area contributed by atoms with Crippen LogP contribution in [-0.4, -0.2) is 23.9 Å². The topological polar surface area (TPSA) is 86.7 Å². The van der Waals surface area contributed by atoms with Gasteiger partial charge in [0.15, 0.2) is 0 Å². The van der Waals surface area contributed by atoms with Gasteiger partial charge in [0.2, 0.25) is 0 Å². The van der Waals surface area contributed by atoms with Crippen molar-refractivity contribution in [1.82, 2.24) is 0 Å². The summed E-state index contributed by atoms with van der Waals surface area (Å²) in [5.41, 5.74) is -1.19. The van der Waals surface area contributed by atoms with E-state index in [4.69, 9.17) is 0 Å². The molecule has 3 rings (SSSR count). The zero-order chi connectivity index (χ0) is 11.0. The summed E-state index contributed by atoms with van der Waals surface area (Å²) in [6, 6.07) is 0. The van der Waals surface area contributed by atoms with E-state index in [9.17, 15) is 19.2 Å². The number of carbonyl (C=O) groups excluding carboxylic acids is 4. The predicted molar refractivity (Wildman–Crippen MR) is 40.8 cm³/mol. The summed E-state index contributed by atoms with van der Waals surface area (Å²) >= 11 is 0. The highest BCUT2D eigenvalue weighted by molar-refractivity contribution is 6.12. The first-order valence-corrected chi connectivity index (χ1v) is 4.49. The SMILES string of the molecule is CC12C(=O)OC(=O)C1[C@@H]1C(=O)OC(=O)C12. The van der Waals surface area contributed by atoms with E-state index in [1.165, 1.54) is 6.92 Å². The standard InChI is InChI=1S/C9H6O6/c1-9-3-2(5(10)14-6(3)11)4(9)7(12)15-8(9)13/h2-4H,1H3/t2-,3?,4?,9?/m1/s1. The molecule has 0 aromatic carbocycles. The predicted octanol–water partition coefficient (Wildman–Crippen LogP) is -0.978. The van der Waals surface area contributed by atoms with Gasteiger partial charge in [-0.15, -0.1) is 0 Å². The number of carbonyl (C=O) groups is 4. The lowest BCUT2D eigenvalue weighted by atomic mass is 9.49. The zero-order valence-electron chi connectivity index (χ0n) is 7.68. The zero-order valence-corrected chi connectivity index (χ0v) is 7.68. The first-order valence-electron chi connectivity index (χ1n) is 4.49. The summed E-state index contributed by atoms with van der Waals surface area (Å²) in [5.74, 6) is -5.40. The second-order valence-corrected chi connectivity index (χ2v) is 4.21. The third-order valence-electron chi connectivity index (χ3n) is 3.62. The summed E-state index contributed by atoms with van der Waals surface area (Å²) in [5, 5.41) is 0. The number of esters is 4. The second-order valence-electron chi connectivity index (χ2n) is 4.21. The van der Waals surface area contributed by atoms with Crippen LogP contribution in [0.25, 0.3) is 0 Å². The molecule has 15 heavy (non-hydrogen) atoms. The molecule has 3 fully saturated rings. The van der Waals surface area contributed by atoms with Crippen molar-refractivity contribution < 1.29 is 28.7 Å². The average molecular weight is 210 g/mol. The molecule has 0 spiro atoms. The molecule has 6 heteroatoms. The van der Waals surface area contributed by atoms with Crippen LogP contribution in [0.3, 0.4) is 0 Å². The molecule has 0 aromatic rings. The van der Waals surface area contributed by atoms with Crippen LogP contribution in [-0.2, 0) is 28.7 Å². The fraction of sp³-hybridized carbons (Fsp3) is 0.556. The number of rotatable bonds is 0. The third-order valence-corrected chi connectivity index (χ3v) is 3.62. The van der Waals surface area contributed by atoms with E-state index in [0.717, 1.165) is 0 Å². The second kappa shape index (κ2) is 2.10. The molecule has 0 radical (unpaired) electrons. The Morgan fingerprint density at radius 2 is 1.47 bits per heavy atom. The molecule has 3 aliphatic rings. The van der Waals surface area contributed by atoms with Gasteiger partial charge in [-0.3, -0.25) is 19.2 Å². The third kappa shape index (κ3) is 0.662. The van der Waals surface area contributed by atoms with E-state index in [2.05, 4.69) is 9.47 Å². The largest absolute Gasteiger partial charge is 0.393 e. The van der Waals surface area contributed by atoms with Gasteiger partial charge < -0.3 is 9.47 Å². The van der Waals surface area contributed by atoms with E-state index < -0.39 is 47.0 Å². The van der Waals surface area contributed by atoms with Crippen molar-refractivity contribution in [3.63, 3.8) is 0 Å². The van der Waals surface area contributed by atoms with Gasteiger partial charge in [0.25, 0.3) is 0 Å². The van der Waals surface area contributed by atoms with Gasteiger partial charge in [-0.05, 0) is 6.92 Å². The molecule has 2 heterocycles. The summed E-state index contributed by atoms with van der Waals surface area (Å²) in [6.07, 6.45) is 0. The van der Waals surface area contributed by atoms with Crippen LogP contribution < -0.4 is 0 Å². The van der Waals surface area contributed by atoms with Crippen LogP contribution in [0.5, 0.6) is 0 Å². The number of ether oxygens (including phenoxy) is 2. The smallest absolute Gasteiger partial charge is 0.321 e. The molecule has 1 aliphatic carbocycles. The van der Waals surface area contributed by atoms with E-state index >= 15 is 0 Å². The lowest BCUT2D eigenvalue weighted by molar-refractivity contribution is -0.163. The molecular formula is C9H6O6. The first-order chi connectivity index (χ1) is 6.98. The molecule has 0 amide bonds. The Morgan fingerprint density at radius 1 is 0.933 bits per heavy atom. The van der Waals surface area contributed by atoms with Crippen molar-refractivity contribution in [2.45, 2.75) is 6.92 Å². The first kappa shape index (κ1) is 8.58. The average Bonchev–Trinajstić information content (AvgIpc) is 2.43. The lowest BCUT2D eigenvalue weighted by Gasteiger charge is -2.43. The Balaban J connectivity index is 2.12. The van der Waals surface area contributed by atoms with Crippen molar-refractivity contribution in [1.29, 1.82) is 0 Å². The summed E-state index contributed by atoms with van der Waals surface area (Å²) in [7, 11) is 0. The molecule has 2 aliphatic heterocycles. The Labute approximate surface area is 83.5 Å². The van der Waals surface area contributed by atoms with Crippen LogP contribution >= 0.6 is 0 Å². The minimum Gasteiger partial charge on any atom is -0.393 e. The van der Waals surface area contributed by atoms with E-state index in [1.54, 1.807) is 0 Å². The molecule has 3 unspecified atom stereocenters. The van der Waals surface area contributed by atoms with Crippen LogP contribution in [0.15, 0.2) is 0 Å². The quantitative estimate of drug-likeness (QED) is 0.377. The Bertz CT molecular complexity index is 420. The Kier molecular flexibility index (Phi) is 1.20. The molecule has 4 atom stereocenters. The molecule has 1 saturated carbocycles. The minimum atomic E-state index is -1.19. The van der Waals surface area contributed by atoms with E-state index in [0.29, 0.717) is 0 Å². The number of cyclic esters (lactones) is 4. The summed E-state index contributed by atoms with van der Waals surface area (Å²) in [6.45, 7) is 1.46. The van der Waals surface area contributed by atoms with Crippen LogP contribution in [0, 0.1) is 23.2 Å². The monoisotopic (exact) mass is 210 g/mol. The van der Waals surface area contributed by atoms with E-state index in [1.807, 2.05) is 0 Å². The van der Waals surface area contributed by atoms with Gasteiger partial charge in [0.05, 0.1) is 23.2 Å². The summed E-state index contributed by atoms with van der Waals surface area (Å²) in [4.78, 5) is 45.2. The van der Waals surface area contributed by atoms with Gasteiger partial charge in [-0.2, -0.15) is 0 Å². The van der Waals surface area contributed by atoms with Crippen LogP contribution in [0.1, 0.15) is 6.92 Å². The Hall–Kier alpha value is -1.72. The maximum absolute atomic E-state index is 11.4. The molecule has 0 N–H and O–H groups in total. The van der Waals surface area contributed by atoms with Crippen molar-refractivity contribution in [3.8, 4) is 0 Å². The number of hydrogen-bond acceptors (Lipinski definition) is 6.